The number of hydrogen-bond acceptors (Lipinski definition) is 4. The summed E-state index contributed by atoms with van der Waals surface area (Å²) in [7, 11) is 0. The van der Waals surface area contributed by atoms with E-state index in [-0.39, 0.29) is 18.1 Å². The summed E-state index contributed by atoms with van der Waals surface area (Å²) in [6, 6.07) is 3.70. The van der Waals surface area contributed by atoms with Gasteiger partial charge in [0.15, 0.2) is 0 Å². The lowest BCUT2D eigenvalue weighted by Gasteiger charge is -2.29. The van der Waals surface area contributed by atoms with Crippen LogP contribution in [0.1, 0.15) is 18.2 Å². The number of hydrogen-bond donors (Lipinski definition) is 2. The average Bonchev–Trinajstić information content (AvgIpc) is 2.87. The minimum absolute atomic E-state index is 0.0459. The van der Waals surface area contributed by atoms with Gasteiger partial charge in [0, 0.05) is 18.9 Å². The van der Waals surface area contributed by atoms with Gasteiger partial charge in [-0.3, -0.25) is 4.79 Å². The number of nitrogens with zero attached hydrogens (tertiary/aromatic N) is 2. The van der Waals surface area contributed by atoms with Gasteiger partial charge in [-0.1, -0.05) is 6.07 Å². The summed E-state index contributed by atoms with van der Waals surface area (Å²) in [5, 5.41) is 6.09. The predicted octanol–water partition coefficient (Wildman–Crippen LogP) is 0.636. The van der Waals surface area contributed by atoms with Crippen LogP contribution in [0.15, 0.2) is 24.5 Å². The van der Waals surface area contributed by atoms with E-state index in [1.807, 2.05) is 42.8 Å². The maximum absolute atomic E-state index is 12.2. The van der Waals surface area contributed by atoms with Crippen LogP contribution in [-0.2, 0) is 16.1 Å². The van der Waals surface area contributed by atoms with Crippen LogP contribution in [0.25, 0.3) is 5.65 Å². The third-order valence-corrected chi connectivity index (χ3v) is 3.69. The number of fused-ring (bicyclic) bond motifs is 1. The molecule has 21 heavy (non-hydrogen) atoms. The molecule has 2 N–H and O–H groups in total. The summed E-state index contributed by atoms with van der Waals surface area (Å²) in [5.74, 6) is -0.0459. The first-order valence-corrected chi connectivity index (χ1v) is 7.20. The standard InChI is InChI=1S/C15H20N4O2/c1-10-3-4-13-18-12(9-19(13)8-10)7-17-15(20)14-11(2)21-6-5-16-14/h3-4,8-9,11,14,16H,5-7H2,1-2H3,(H,17,20)/t11-,14+/m1/s1. The Bertz CT molecular complexity index is 652. The van der Waals surface area contributed by atoms with Crippen LogP contribution >= 0.6 is 0 Å². The van der Waals surface area contributed by atoms with E-state index in [0.29, 0.717) is 19.7 Å². The Hall–Kier alpha value is -1.92. The Morgan fingerprint density at radius 3 is 3.19 bits per heavy atom. The average molecular weight is 288 g/mol. The summed E-state index contributed by atoms with van der Waals surface area (Å²) in [5.41, 5.74) is 2.91. The lowest BCUT2D eigenvalue weighted by molar-refractivity contribution is -0.129. The molecule has 112 valence electrons. The van der Waals surface area contributed by atoms with Crippen molar-refractivity contribution in [3.8, 4) is 0 Å². The van der Waals surface area contributed by atoms with Crippen molar-refractivity contribution in [2.45, 2.75) is 32.5 Å². The van der Waals surface area contributed by atoms with Gasteiger partial charge in [-0.15, -0.1) is 0 Å². The highest BCUT2D eigenvalue weighted by atomic mass is 16.5. The Balaban J connectivity index is 1.64. The fourth-order valence-electron chi connectivity index (χ4n) is 2.56. The molecule has 2 aromatic rings. The second-order valence-corrected chi connectivity index (χ2v) is 5.43. The second kappa shape index (κ2) is 5.83. The van der Waals surface area contributed by atoms with Gasteiger partial charge in [-0.05, 0) is 25.5 Å². The number of ether oxygens (including phenoxy) is 1. The molecule has 0 bridgehead atoms. The molecule has 6 heteroatoms. The summed E-state index contributed by atoms with van der Waals surface area (Å²) < 4.78 is 7.46. The first kappa shape index (κ1) is 14.0. The van der Waals surface area contributed by atoms with E-state index in [2.05, 4.69) is 15.6 Å². The molecule has 1 fully saturated rings. The lowest BCUT2D eigenvalue weighted by Crippen LogP contribution is -2.55. The number of imidazole rings is 1. The van der Waals surface area contributed by atoms with E-state index < -0.39 is 0 Å². The van der Waals surface area contributed by atoms with Crippen molar-refractivity contribution in [1.82, 2.24) is 20.0 Å². The molecule has 0 radical (unpaired) electrons. The molecule has 3 rings (SSSR count). The van der Waals surface area contributed by atoms with Crippen molar-refractivity contribution in [2.24, 2.45) is 0 Å². The molecule has 0 unspecified atom stereocenters. The normalized spacial score (nSPS) is 22.4. The zero-order chi connectivity index (χ0) is 14.8. The SMILES string of the molecule is Cc1ccc2nc(CNC(=O)[C@H]3NCCO[C@@H]3C)cn2c1. The molecule has 0 saturated carbocycles. The number of carbonyl (C=O) groups is 1. The Kier molecular flexibility index (Phi) is 3.90. The van der Waals surface area contributed by atoms with E-state index in [4.69, 9.17) is 4.74 Å². The van der Waals surface area contributed by atoms with Crippen molar-refractivity contribution < 1.29 is 9.53 Å². The van der Waals surface area contributed by atoms with Crippen molar-refractivity contribution in [1.29, 1.82) is 0 Å². The largest absolute Gasteiger partial charge is 0.375 e. The van der Waals surface area contributed by atoms with E-state index in [1.54, 1.807) is 0 Å². The first-order chi connectivity index (χ1) is 10.1. The molecule has 1 amide bonds. The molecule has 6 nitrogen and oxygen atoms in total. The van der Waals surface area contributed by atoms with E-state index >= 15 is 0 Å². The molecular weight excluding hydrogens is 268 g/mol. The molecule has 2 aromatic heterocycles. The molecule has 2 atom stereocenters. The summed E-state index contributed by atoms with van der Waals surface area (Å²) in [4.78, 5) is 16.6. The van der Waals surface area contributed by atoms with Crippen molar-refractivity contribution in [3.05, 3.63) is 35.8 Å². The minimum Gasteiger partial charge on any atom is -0.375 e. The Morgan fingerprint density at radius 1 is 1.52 bits per heavy atom. The zero-order valence-corrected chi connectivity index (χ0v) is 12.3. The zero-order valence-electron chi connectivity index (χ0n) is 12.3. The number of aryl methyl sites for hydroxylation is 1. The van der Waals surface area contributed by atoms with E-state index in [9.17, 15) is 4.79 Å². The van der Waals surface area contributed by atoms with Crippen LogP contribution in [0.4, 0.5) is 0 Å². The van der Waals surface area contributed by atoms with Crippen LogP contribution < -0.4 is 10.6 Å². The Morgan fingerprint density at radius 2 is 2.38 bits per heavy atom. The molecule has 1 aliphatic heterocycles. The third kappa shape index (κ3) is 3.06. The number of amides is 1. The van der Waals surface area contributed by atoms with Gasteiger partial charge in [0.1, 0.15) is 11.7 Å². The van der Waals surface area contributed by atoms with Crippen molar-refractivity contribution in [3.63, 3.8) is 0 Å². The number of aromatic nitrogens is 2. The number of pyridine rings is 1. The van der Waals surface area contributed by atoms with Crippen molar-refractivity contribution in [2.75, 3.05) is 13.2 Å². The molecule has 0 aromatic carbocycles. The smallest absolute Gasteiger partial charge is 0.240 e. The molecule has 1 aliphatic rings. The van der Waals surface area contributed by atoms with Gasteiger partial charge >= 0.3 is 0 Å². The first-order valence-electron chi connectivity index (χ1n) is 7.20. The Labute approximate surface area is 123 Å². The molecule has 0 spiro atoms. The number of rotatable bonds is 3. The summed E-state index contributed by atoms with van der Waals surface area (Å²) >= 11 is 0. The third-order valence-electron chi connectivity index (χ3n) is 3.69. The summed E-state index contributed by atoms with van der Waals surface area (Å²) in [6.07, 6.45) is 3.85. The van der Waals surface area contributed by atoms with Crippen molar-refractivity contribution >= 4 is 11.6 Å². The monoisotopic (exact) mass is 288 g/mol. The minimum atomic E-state index is -0.293. The second-order valence-electron chi connectivity index (χ2n) is 5.43. The molecule has 0 aliphatic carbocycles. The van der Waals surface area contributed by atoms with E-state index in [0.717, 1.165) is 11.3 Å². The number of morpholine rings is 1. The molecular formula is C15H20N4O2. The maximum atomic E-state index is 12.2. The lowest BCUT2D eigenvalue weighted by atomic mass is 10.1. The van der Waals surface area contributed by atoms with Crippen LogP contribution in [0.3, 0.4) is 0 Å². The maximum Gasteiger partial charge on any atom is 0.240 e. The van der Waals surface area contributed by atoms with Gasteiger partial charge in [0.25, 0.3) is 0 Å². The van der Waals surface area contributed by atoms with Gasteiger partial charge < -0.3 is 19.8 Å². The highest BCUT2D eigenvalue weighted by Gasteiger charge is 2.27. The fourth-order valence-corrected chi connectivity index (χ4v) is 2.56. The van der Waals surface area contributed by atoms with Gasteiger partial charge in [-0.2, -0.15) is 0 Å². The van der Waals surface area contributed by atoms with Crippen LogP contribution in [0, 0.1) is 6.92 Å². The van der Waals surface area contributed by atoms with E-state index in [1.165, 1.54) is 5.56 Å². The summed E-state index contributed by atoms with van der Waals surface area (Å²) in [6.45, 7) is 5.72. The van der Waals surface area contributed by atoms with Gasteiger partial charge in [0.05, 0.1) is 24.9 Å². The molecule has 1 saturated heterocycles. The molecule has 3 heterocycles. The number of carbonyl (C=O) groups excluding carboxylic acids is 1. The van der Waals surface area contributed by atoms with Gasteiger partial charge in [0.2, 0.25) is 5.91 Å². The fraction of sp³-hybridized carbons (Fsp3) is 0.467. The topological polar surface area (TPSA) is 67.7 Å². The van der Waals surface area contributed by atoms with Crippen LogP contribution in [0.2, 0.25) is 0 Å². The predicted molar refractivity (Wildman–Crippen MR) is 79.0 cm³/mol. The van der Waals surface area contributed by atoms with Gasteiger partial charge in [-0.25, -0.2) is 4.98 Å². The highest BCUT2D eigenvalue weighted by molar-refractivity contribution is 5.82. The van der Waals surface area contributed by atoms with Crippen LogP contribution in [0.5, 0.6) is 0 Å². The quantitative estimate of drug-likeness (QED) is 0.869. The van der Waals surface area contributed by atoms with Crippen LogP contribution in [-0.4, -0.2) is 40.6 Å². The highest BCUT2D eigenvalue weighted by Crippen LogP contribution is 2.08. The number of nitrogens with one attached hydrogen (secondary N) is 2.